The Kier molecular flexibility index (Phi) is 8.22. The summed E-state index contributed by atoms with van der Waals surface area (Å²) in [5.74, 6) is 1.55. The van der Waals surface area contributed by atoms with Crippen LogP contribution in [0.1, 0.15) is 23.0 Å². The lowest BCUT2D eigenvalue weighted by Crippen LogP contribution is -2.31. The van der Waals surface area contributed by atoms with Crippen molar-refractivity contribution in [2.45, 2.75) is 24.2 Å². The molecule has 0 spiro atoms. The van der Waals surface area contributed by atoms with Gasteiger partial charge in [-0.15, -0.1) is 10.2 Å². The molecule has 3 aromatic carbocycles. The summed E-state index contributed by atoms with van der Waals surface area (Å²) in [7, 11) is 1.86. The summed E-state index contributed by atoms with van der Waals surface area (Å²) in [6.07, 6.45) is 0.720. The molecule has 1 atom stereocenters. The van der Waals surface area contributed by atoms with Crippen LogP contribution < -0.4 is 10.1 Å². The van der Waals surface area contributed by atoms with Crippen LogP contribution in [0.15, 0.2) is 90.1 Å². The van der Waals surface area contributed by atoms with Gasteiger partial charge in [0.05, 0.1) is 11.8 Å². The molecule has 8 heteroatoms. The van der Waals surface area contributed by atoms with Crippen molar-refractivity contribution in [3.63, 3.8) is 0 Å². The molecule has 6 nitrogen and oxygen atoms in total. The minimum absolute atomic E-state index is 0.0586. The van der Waals surface area contributed by atoms with Crippen LogP contribution in [0.5, 0.6) is 5.75 Å². The molecule has 1 unspecified atom stereocenters. The van der Waals surface area contributed by atoms with E-state index in [4.69, 9.17) is 16.3 Å². The molecule has 0 radical (unpaired) electrons. The lowest BCUT2D eigenvalue weighted by molar-refractivity contribution is -0.119. The molecule has 0 bridgehead atoms. The number of benzene rings is 3. The van der Waals surface area contributed by atoms with Gasteiger partial charge in [0.25, 0.3) is 0 Å². The lowest BCUT2D eigenvalue weighted by Gasteiger charge is -2.19. The van der Waals surface area contributed by atoms with Crippen LogP contribution in [-0.2, 0) is 24.9 Å². The summed E-state index contributed by atoms with van der Waals surface area (Å²) in [5, 5.41) is 12.9. The van der Waals surface area contributed by atoms with E-state index < -0.39 is 0 Å². The lowest BCUT2D eigenvalue weighted by atomic mass is 9.99. The molecule has 0 fully saturated rings. The third kappa shape index (κ3) is 6.62. The van der Waals surface area contributed by atoms with Gasteiger partial charge in [-0.3, -0.25) is 4.79 Å². The number of thioether (sulfide) groups is 1. The third-order valence-corrected chi connectivity index (χ3v) is 6.53. The second-order valence-electron chi connectivity index (χ2n) is 7.71. The second kappa shape index (κ2) is 11.7. The number of ether oxygens (including phenoxy) is 1. The zero-order chi connectivity index (χ0) is 23.8. The molecular weight excluding hydrogens is 468 g/mol. The molecule has 1 heterocycles. The van der Waals surface area contributed by atoms with Gasteiger partial charge in [0.2, 0.25) is 5.91 Å². The van der Waals surface area contributed by atoms with Crippen LogP contribution in [0.3, 0.4) is 0 Å². The largest absolute Gasteiger partial charge is 0.486 e. The predicted molar refractivity (Wildman–Crippen MR) is 135 cm³/mol. The number of hydrogen-bond donors (Lipinski definition) is 1. The van der Waals surface area contributed by atoms with Crippen molar-refractivity contribution in [1.82, 2.24) is 20.1 Å². The number of carbonyl (C=O) groups excluding carboxylic acids is 1. The van der Waals surface area contributed by atoms with Crippen molar-refractivity contribution in [1.29, 1.82) is 0 Å². The Hall–Kier alpha value is -3.29. The minimum Gasteiger partial charge on any atom is -0.486 e. The first kappa shape index (κ1) is 23.9. The number of hydrogen-bond acceptors (Lipinski definition) is 5. The molecule has 1 aromatic heterocycles. The van der Waals surface area contributed by atoms with Gasteiger partial charge in [-0.2, -0.15) is 0 Å². The average Bonchev–Trinajstić information content (AvgIpc) is 3.22. The standard InChI is InChI=1S/C26H25ClN4O2S/c1-31-24(17-33-22-14-12-21(27)13-15-22)29-30-26(31)34-18-25(32)28-23(20-10-6-3-7-11-20)16-19-8-4-2-5-9-19/h2-15,23H,16-18H2,1H3,(H,28,32). The van der Waals surface area contributed by atoms with E-state index in [0.717, 1.165) is 12.0 Å². The fourth-order valence-electron chi connectivity index (χ4n) is 3.43. The molecule has 34 heavy (non-hydrogen) atoms. The van der Waals surface area contributed by atoms with Crippen LogP contribution in [0.25, 0.3) is 0 Å². The number of aromatic nitrogens is 3. The first-order valence-electron chi connectivity index (χ1n) is 10.9. The van der Waals surface area contributed by atoms with Crippen molar-refractivity contribution in [3.05, 3.63) is 107 Å². The molecule has 0 aliphatic carbocycles. The van der Waals surface area contributed by atoms with E-state index in [1.165, 1.54) is 17.3 Å². The summed E-state index contributed by atoms with van der Waals surface area (Å²) < 4.78 is 7.59. The van der Waals surface area contributed by atoms with Crippen LogP contribution in [0.4, 0.5) is 0 Å². The summed E-state index contributed by atoms with van der Waals surface area (Å²) >= 11 is 7.25. The number of nitrogens with zero attached hydrogens (tertiary/aromatic N) is 3. The van der Waals surface area contributed by atoms with Crippen LogP contribution >= 0.6 is 23.4 Å². The Morgan fingerprint density at radius 1 is 1.00 bits per heavy atom. The number of halogens is 1. The first-order valence-corrected chi connectivity index (χ1v) is 12.2. The van der Waals surface area contributed by atoms with Crippen LogP contribution in [0.2, 0.25) is 5.02 Å². The number of nitrogens with one attached hydrogen (secondary N) is 1. The highest BCUT2D eigenvalue weighted by atomic mass is 35.5. The Bertz CT molecular complexity index is 1200. The SMILES string of the molecule is Cn1c(COc2ccc(Cl)cc2)nnc1SCC(=O)NC(Cc1ccccc1)c1ccccc1. The van der Waals surface area contributed by atoms with Crippen molar-refractivity contribution in [2.24, 2.45) is 7.05 Å². The third-order valence-electron chi connectivity index (χ3n) is 5.26. The van der Waals surface area contributed by atoms with E-state index in [2.05, 4.69) is 27.6 Å². The summed E-state index contributed by atoms with van der Waals surface area (Å²) in [6.45, 7) is 0.269. The Morgan fingerprint density at radius 2 is 1.68 bits per heavy atom. The quantitative estimate of drug-likeness (QED) is 0.306. The maximum Gasteiger partial charge on any atom is 0.230 e. The second-order valence-corrected chi connectivity index (χ2v) is 9.09. The van der Waals surface area contributed by atoms with Crippen molar-refractivity contribution >= 4 is 29.3 Å². The van der Waals surface area contributed by atoms with Crippen molar-refractivity contribution in [3.8, 4) is 5.75 Å². The number of rotatable bonds is 10. The van der Waals surface area contributed by atoms with Crippen molar-refractivity contribution < 1.29 is 9.53 Å². The molecule has 0 aliphatic rings. The van der Waals surface area contributed by atoms with E-state index >= 15 is 0 Å². The highest BCUT2D eigenvalue weighted by Crippen LogP contribution is 2.21. The first-order chi connectivity index (χ1) is 16.6. The van der Waals surface area contributed by atoms with Gasteiger partial charge < -0.3 is 14.6 Å². The maximum absolute atomic E-state index is 12.8. The highest BCUT2D eigenvalue weighted by molar-refractivity contribution is 7.99. The van der Waals surface area contributed by atoms with Crippen LogP contribution in [-0.4, -0.2) is 26.4 Å². The van der Waals surface area contributed by atoms with Gasteiger partial charge >= 0.3 is 0 Å². The van der Waals surface area contributed by atoms with E-state index in [-0.39, 0.29) is 24.3 Å². The smallest absolute Gasteiger partial charge is 0.230 e. The fraction of sp³-hybridized carbons (Fsp3) is 0.192. The molecule has 4 rings (SSSR count). The molecule has 1 N–H and O–H groups in total. The molecule has 0 saturated carbocycles. The molecule has 4 aromatic rings. The number of amides is 1. The molecular formula is C26H25ClN4O2S. The molecule has 0 saturated heterocycles. The van der Waals surface area contributed by atoms with Gasteiger partial charge in [0.1, 0.15) is 12.4 Å². The zero-order valence-electron chi connectivity index (χ0n) is 18.7. The monoisotopic (exact) mass is 492 g/mol. The molecule has 174 valence electrons. The van der Waals surface area contributed by atoms with E-state index in [1.54, 1.807) is 24.3 Å². The van der Waals surface area contributed by atoms with Crippen molar-refractivity contribution in [2.75, 3.05) is 5.75 Å². The predicted octanol–water partition coefficient (Wildman–Crippen LogP) is 5.24. The van der Waals surface area contributed by atoms with E-state index in [9.17, 15) is 4.79 Å². The normalized spacial score (nSPS) is 11.7. The topological polar surface area (TPSA) is 69.0 Å². The Balaban J connectivity index is 1.34. The summed E-state index contributed by atoms with van der Waals surface area (Å²) in [4.78, 5) is 12.8. The Labute approximate surface area is 208 Å². The maximum atomic E-state index is 12.8. The average molecular weight is 493 g/mol. The van der Waals surface area contributed by atoms with Gasteiger partial charge in [0.15, 0.2) is 11.0 Å². The number of carbonyl (C=O) groups is 1. The molecule has 0 aliphatic heterocycles. The minimum atomic E-state index is -0.112. The van der Waals surface area contributed by atoms with E-state index in [1.807, 2.05) is 60.1 Å². The fourth-order valence-corrected chi connectivity index (χ4v) is 4.30. The van der Waals surface area contributed by atoms with Gasteiger partial charge in [0, 0.05) is 12.1 Å². The highest BCUT2D eigenvalue weighted by Gasteiger charge is 2.17. The summed E-state index contributed by atoms with van der Waals surface area (Å²) in [5.41, 5.74) is 2.24. The zero-order valence-corrected chi connectivity index (χ0v) is 20.3. The Morgan fingerprint density at radius 3 is 2.38 bits per heavy atom. The van der Waals surface area contributed by atoms with Gasteiger partial charge in [-0.05, 0) is 41.8 Å². The molecule has 1 amide bonds. The summed E-state index contributed by atoms with van der Waals surface area (Å²) in [6, 6.07) is 27.2. The van der Waals surface area contributed by atoms with Gasteiger partial charge in [-0.25, -0.2) is 0 Å². The van der Waals surface area contributed by atoms with Crippen LogP contribution in [0, 0.1) is 0 Å². The van der Waals surface area contributed by atoms with Gasteiger partial charge in [-0.1, -0.05) is 84.0 Å². The van der Waals surface area contributed by atoms with E-state index in [0.29, 0.717) is 21.8 Å².